The minimum absolute atomic E-state index is 0.108. The third-order valence-electron chi connectivity index (χ3n) is 5.18. The zero-order chi connectivity index (χ0) is 21.0. The summed E-state index contributed by atoms with van der Waals surface area (Å²) in [5, 5.41) is 2.10. The molecular weight excluding hydrogens is 392 g/mol. The predicted octanol–water partition coefficient (Wildman–Crippen LogP) is 4.70. The Bertz CT molecular complexity index is 1230. The van der Waals surface area contributed by atoms with Crippen LogP contribution in [0.2, 0.25) is 0 Å². The molecular formula is C25H24N2O2S. The van der Waals surface area contributed by atoms with Crippen LogP contribution in [0, 0.1) is 0 Å². The SMILES string of the molecule is NC(c1ccccc1)C(NS(=O)(=O)Cc1ccc2ccccc2c1)c1ccccc1. The highest BCUT2D eigenvalue weighted by molar-refractivity contribution is 7.88. The van der Waals surface area contributed by atoms with Gasteiger partial charge in [0.2, 0.25) is 10.0 Å². The van der Waals surface area contributed by atoms with Gasteiger partial charge in [0, 0.05) is 0 Å². The number of nitrogens with one attached hydrogen (secondary N) is 1. The van der Waals surface area contributed by atoms with Crippen molar-refractivity contribution in [3.63, 3.8) is 0 Å². The van der Waals surface area contributed by atoms with Gasteiger partial charge in [-0.2, -0.15) is 0 Å². The molecule has 0 aliphatic heterocycles. The van der Waals surface area contributed by atoms with E-state index in [1.54, 1.807) is 0 Å². The Morgan fingerprint density at radius 3 is 1.93 bits per heavy atom. The molecule has 4 aromatic rings. The Morgan fingerprint density at radius 1 is 0.700 bits per heavy atom. The Hall–Kier alpha value is -2.99. The highest BCUT2D eigenvalue weighted by Gasteiger charge is 2.26. The summed E-state index contributed by atoms with van der Waals surface area (Å²) in [7, 11) is -3.63. The molecule has 0 aliphatic carbocycles. The van der Waals surface area contributed by atoms with Gasteiger partial charge in [-0.15, -0.1) is 0 Å². The third-order valence-corrected chi connectivity index (χ3v) is 6.51. The molecule has 0 heterocycles. The molecule has 152 valence electrons. The first-order valence-electron chi connectivity index (χ1n) is 9.85. The highest BCUT2D eigenvalue weighted by atomic mass is 32.2. The Balaban J connectivity index is 1.62. The Kier molecular flexibility index (Phi) is 5.95. The molecule has 3 N–H and O–H groups in total. The first-order chi connectivity index (χ1) is 14.5. The van der Waals surface area contributed by atoms with Gasteiger partial charge >= 0.3 is 0 Å². The molecule has 0 bridgehead atoms. The fourth-order valence-electron chi connectivity index (χ4n) is 3.66. The van der Waals surface area contributed by atoms with E-state index in [-0.39, 0.29) is 5.75 Å². The topological polar surface area (TPSA) is 72.2 Å². The molecule has 0 spiro atoms. The Labute approximate surface area is 177 Å². The van der Waals surface area contributed by atoms with Gasteiger partial charge in [-0.05, 0) is 27.5 Å². The molecule has 0 saturated heterocycles. The number of rotatable bonds is 7. The normalized spacial score (nSPS) is 13.8. The molecule has 30 heavy (non-hydrogen) atoms. The maximum absolute atomic E-state index is 13.1. The van der Waals surface area contributed by atoms with Crippen molar-refractivity contribution in [3.05, 3.63) is 120 Å². The first-order valence-corrected chi connectivity index (χ1v) is 11.5. The minimum Gasteiger partial charge on any atom is -0.322 e. The largest absolute Gasteiger partial charge is 0.322 e. The fraction of sp³-hybridized carbons (Fsp3) is 0.120. The van der Waals surface area contributed by atoms with Crippen LogP contribution in [-0.2, 0) is 15.8 Å². The van der Waals surface area contributed by atoms with Gasteiger partial charge < -0.3 is 5.73 Å². The molecule has 5 heteroatoms. The van der Waals surface area contributed by atoms with E-state index in [0.29, 0.717) is 0 Å². The quantitative estimate of drug-likeness (QED) is 0.459. The molecule has 0 saturated carbocycles. The van der Waals surface area contributed by atoms with Crippen LogP contribution >= 0.6 is 0 Å². The lowest BCUT2D eigenvalue weighted by Gasteiger charge is -2.26. The second kappa shape index (κ2) is 8.79. The molecule has 2 atom stereocenters. The summed E-state index contributed by atoms with van der Waals surface area (Å²) in [6.45, 7) is 0. The molecule has 0 radical (unpaired) electrons. The van der Waals surface area contributed by atoms with E-state index in [4.69, 9.17) is 5.73 Å². The van der Waals surface area contributed by atoms with Crippen molar-refractivity contribution in [2.45, 2.75) is 17.8 Å². The van der Waals surface area contributed by atoms with Crippen molar-refractivity contribution in [2.24, 2.45) is 5.73 Å². The van der Waals surface area contributed by atoms with E-state index in [0.717, 1.165) is 27.5 Å². The van der Waals surface area contributed by atoms with Crippen molar-refractivity contribution < 1.29 is 8.42 Å². The van der Waals surface area contributed by atoms with E-state index >= 15 is 0 Å². The van der Waals surface area contributed by atoms with Crippen LogP contribution in [0.5, 0.6) is 0 Å². The number of hydrogen-bond acceptors (Lipinski definition) is 3. The van der Waals surface area contributed by atoms with Gasteiger partial charge in [0.15, 0.2) is 0 Å². The average molecular weight is 417 g/mol. The molecule has 0 aromatic heterocycles. The Morgan fingerprint density at radius 2 is 1.27 bits per heavy atom. The molecule has 2 unspecified atom stereocenters. The average Bonchev–Trinajstić information content (AvgIpc) is 2.78. The summed E-state index contributed by atoms with van der Waals surface area (Å²) in [5.74, 6) is -0.108. The van der Waals surface area contributed by atoms with Crippen LogP contribution in [0.3, 0.4) is 0 Å². The number of hydrogen-bond donors (Lipinski definition) is 2. The molecule has 0 amide bonds. The molecule has 0 fully saturated rings. The lowest BCUT2D eigenvalue weighted by molar-refractivity contribution is 0.503. The van der Waals surface area contributed by atoms with E-state index in [1.165, 1.54) is 0 Å². The summed E-state index contributed by atoms with van der Waals surface area (Å²) in [6, 6.07) is 31.6. The smallest absolute Gasteiger partial charge is 0.216 e. The van der Waals surface area contributed by atoms with Gasteiger partial charge in [0.1, 0.15) is 0 Å². The highest BCUT2D eigenvalue weighted by Crippen LogP contribution is 2.28. The molecule has 0 aliphatic rings. The van der Waals surface area contributed by atoms with Crippen LogP contribution in [0.15, 0.2) is 103 Å². The van der Waals surface area contributed by atoms with E-state index < -0.39 is 22.1 Å². The van der Waals surface area contributed by atoms with Gasteiger partial charge in [-0.25, -0.2) is 13.1 Å². The van der Waals surface area contributed by atoms with Gasteiger partial charge in [0.05, 0.1) is 17.8 Å². The van der Waals surface area contributed by atoms with Gasteiger partial charge in [-0.3, -0.25) is 0 Å². The monoisotopic (exact) mass is 416 g/mol. The lowest BCUT2D eigenvalue weighted by atomic mass is 9.95. The predicted molar refractivity (Wildman–Crippen MR) is 122 cm³/mol. The van der Waals surface area contributed by atoms with Gasteiger partial charge in [0.25, 0.3) is 0 Å². The summed E-state index contributed by atoms with van der Waals surface area (Å²) >= 11 is 0. The molecule has 4 rings (SSSR count). The maximum Gasteiger partial charge on any atom is 0.216 e. The number of sulfonamides is 1. The van der Waals surface area contributed by atoms with E-state index in [2.05, 4.69) is 4.72 Å². The summed E-state index contributed by atoms with van der Waals surface area (Å²) in [4.78, 5) is 0. The van der Waals surface area contributed by atoms with Gasteiger partial charge in [-0.1, -0.05) is 103 Å². The second-order valence-electron chi connectivity index (χ2n) is 7.38. The van der Waals surface area contributed by atoms with Crippen molar-refractivity contribution >= 4 is 20.8 Å². The standard InChI is InChI=1S/C25H24N2O2S/c26-24(21-10-3-1-4-11-21)25(22-12-5-2-6-13-22)27-30(28,29)18-19-15-16-20-9-7-8-14-23(20)17-19/h1-17,24-25,27H,18,26H2. The summed E-state index contributed by atoms with van der Waals surface area (Å²) < 4.78 is 29.0. The maximum atomic E-state index is 13.1. The van der Waals surface area contributed by atoms with Crippen molar-refractivity contribution in [1.29, 1.82) is 0 Å². The number of nitrogens with two attached hydrogens (primary N) is 1. The van der Waals surface area contributed by atoms with Crippen LogP contribution < -0.4 is 10.5 Å². The molecule has 4 aromatic carbocycles. The van der Waals surface area contributed by atoms with E-state index in [9.17, 15) is 8.42 Å². The number of benzene rings is 4. The zero-order valence-electron chi connectivity index (χ0n) is 16.5. The second-order valence-corrected chi connectivity index (χ2v) is 9.14. The van der Waals surface area contributed by atoms with Crippen molar-refractivity contribution in [1.82, 2.24) is 4.72 Å². The van der Waals surface area contributed by atoms with Crippen molar-refractivity contribution in [3.8, 4) is 0 Å². The third kappa shape index (κ3) is 4.76. The lowest BCUT2D eigenvalue weighted by Crippen LogP contribution is -2.36. The minimum atomic E-state index is -3.63. The summed E-state index contributed by atoms with van der Waals surface area (Å²) in [6.07, 6.45) is 0. The van der Waals surface area contributed by atoms with Crippen LogP contribution in [0.4, 0.5) is 0 Å². The fourth-order valence-corrected chi connectivity index (χ4v) is 5.03. The zero-order valence-corrected chi connectivity index (χ0v) is 17.3. The first kappa shape index (κ1) is 20.3. The molecule has 4 nitrogen and oxygen atoms in total. The number of fused-ring (bicyclic) bond motifs is 1. The van der Waals surface area contributed by atoms with Crippen LogP contribution in [0.25, 0.3) is 10.8 Å². The van der Waals surface area contributed by atoms with Crippen LogP contribution in [-0.4, -0.2) is 8.42 Å². The summed E-state index contributed by atoms with van der Waals surface area (Å²) in [5.41, 5.74) is 8.96. The van der Waals surface area contributed by atoms with Crippen LogP contribution in [0.1, 0.15) is 28.8 Å². The van der Waals surface area contributed by atoms with Crippen molar-refractivity contribution in [2.75, 3.05) is 0 Å². The van der Waals surface area contributed by atoms with E-state index in [1.807, 2.05) is 103 Å².